The Morgan fingerprint density at radius 2 is 2.13 bits per heavy atom. The van der Waals surface area contributed by atoms with Gasteiger partial charge >= 0.3 is 0 Å². The van der Waals surface area contributed by atoms with E-state index in [4.69, 9.17) is 12.3 Å². The second-order valence-electron chi connectivity index (χ2n) is 8.45. The minimum atomic E-state index is -0.671. The maximum absolute atomic E-state index is 12.5. The molecule has 2 fully saturated rings. The third-order valence-corrected chi connectivity index (χ3v) is 6.17. The number of H-pyrrole nitrogens is 1. The molecule has 0 aliphatic carbocycles. The highest BCUT2D eigenvalue weighted by atomic mass is 16.3. The Balaban J connectivity index is 1.31. The van der Waals surface area contributed by atoms with Crippen LogP contribution in [-0.4, -0.2) is 72.1 Å². The lowest BCUT2D eigenvalue weighted by molar-refractivity contribution is -0.127. The molecule has 0 spiro atoms. The number of hydrogen-bond donors (Lipinski definition) is 4. The summed E-state index contributed by atoms with van der Waals surface area (Å²) in [6.45, 7) is 2.90. The molecule has 1 amide bonds. The molecule has 1 aromatic carbocycles. The number of aromatic amines is 1. The fraction of sp³-hybridized carbons (Fsp3) is 0.476. The summed E-state index contributed by atoms with van der Waals surface area (Å²) in [5.41, 5.74) is 1.39. The lowest BCUT2D eigenvalue weighted by atomic mass is 9.95. The summed E-state index contributed by atoms with van der Waals surface area (Å²) in [5.74, 6) is 0.465. The van der Waals surface area contributed by atoms with Crippen LogP contribution in [0.3, 0.4) is 0 Å². The van der Waals surface area contributed by atoms with Gasteiger partial charge in [-0.3, -0.25) is 14.5 Å². The molecule has 9 nitrogen and oxygen atoms in total. The third-order valence-electron chi connectivity index (χ3n) is 6.17. The first-order valence-electron chi connectivity index (χ1n) is 10.6. The Labute approximate surface area is 179 Å². The molecular weight excluding hydrogens is 397 g/mol. The molecule has 31 heavy (non-hydrogen) atoms. The molecule has 3 aromatic rings. The zero-order chi connectivity index (χ0) is 21.5. The maximum atomic E-state index is 12.5. The Hall–Kier alpha value is -2.69. The summed E-state index contributed by atoms with van der Waals surface area (Å²) >= 11 is 0. The van der Waals surface area contributed by atoms with Crippen LogP contribution in [0, 0.1) is 5.92 Å². The minimum Gasteiger partial charge on any atom is -0.449 e. The van der Waals surface area contributed by atoms with Crippen molar-refractivity contribution in [1.29, 1.82) is 0 Å². The van der Waals surface area contributed by atoms with Crippen LogP contribution >= 0.6 is 0 Å². The van der Waals surface area contributed by atoms with E-state index in [0.717, 1.165) is 25.9 Å². The van der Waals surface area contributed by atoms with Gasteiger partial charge in [0.25, 0.3) is 5.56 Å². The van der Waals surface area contributed by atoms with E-state index in [9.17, 15) is 14.7 Å². The first-order chi connectivity index (χ1) is 15.0. The molecule has 2 saturated heterocycles. The van der Waals surface area contributed by atoms with E-state index in [-0.39, 0.29) is 29.0 Å². The standard InChI is InChI=1S/C21H24BN5O4/c22-12-1-2-16-13(7-12)18-19(31-16)21(30)26-17(25-18)10-27-8-14(15(28)9-27)24-20(29)11-3-5-23-6-4-11/h1-2,7,11,14-15,23,28H,3-6,8-10H2,(H,24,29)(H,25,26,30)/t14-,15-/m1/s1. The van der Waals surface area contributed by atoms with Crippen LogP contribution in [0.2, 0.25) is 0 Å². The third kappa shape index (κ3) is 3.98. The largest absolute Gasteiger partial charge is 0.449 e. The lowest BCUT2D eigenvalue weighted by Crippen LogP contribution is -2.47. The highest BCUT2D eigenvalue weighted by Gasteiger charge is 2.34. The van der Waals surface area contributed by atoms with Crippen molar-refractivity contribution in [1.82, 2.24) is 25.5 Å². The van der Waals surface area contributed by atoms with E-state index in [1.165, 1.54) is 0 Å². The van der Waals surface area contributed by atoms with Crippen molar-refractivity contribution in [2.75, 3.05) is 26.2 Å². The monoisotopic (exact) mass is 421 g/mol. The number of aliphatic hydroxyl groups excluding tert-OH is 1. The SMILES string of the molecule is [B]c1ccc2oc3c(=O)[nH]c(CN4C[C@@H](O)[C@H](NC(=O)C5CCNCC5)C4)nc3c2c1. The van der Waals surface area contributed by atoms with E-state index < -0.39 is 6.10 Å². The van der Waals surface area contributed by atoms with Gasteiger partial charge in [0.1, 0.15) is 24.8 Å². The van der Waals surface area contributed by atoms with E-state index in [1.54, 1.807) is 18.2 Å². The zero-order valence-corrected chi connectivity index (χ0v) is 17.1. The van der Waals surface area contributed by atoms with Crippen LogP contribution in [0.4, 0.5) is 0 Å². The maximum Gasteiger partial charge on any atom is 0.294 e. The number of carbonyl (C=O) groups is 1. The average Bonchev–Trinajstić information content (AvgIpc) is 3.29. The number of likely N-dealkylation sites (tertiary alicyclic amines) is 1. The molecule has 160 valence electrons. The molecule has 0 saturated carbocycles. The number of carbonyl (C=O) groups excluding carboxylic acids is 1. The molecule has 10 heteroatoms. The van der Waals surface area contributed by atoms with Gasteiger partial charge < -0.3 is 25.1 Å². The van der Waals surface area contributed by atoms with Gasteiger partial charge in [-0.2, -0.15) is 0 Å². The number of aliphatic hydroxyl groups is 1. The Bertz CT molecular complexity index is 1190. The molecule has 2 atom stereocenters. The van der Waals surface area contributed by atoms with Crippen molar-refractivity contribution >= 4 is 41.3 Å². The van der Waals surface area contributed by atoms with Crippen molar-refractivity contribution < 1.29 is 14.3 Å². The van der Waals surface area contributed by atoms with Crippen molar-refractivity contribution in [3.63, 3.8) is 0 Å². The van der Waals surface area contributed by atoms with Crippen molar-refractivity contribution in [2.24, 2.45) is 5.92 Å². The molecule has 2 aliphatic rings. The number of nitrogens with zero attached hydrogens (tertiary/aromatic N) is 2. The van der Waals surface area contributed by atoms with Gasteiger partial charge in [0, 0.05) is 24.4 Å². The number of aromatic nitrogens is 2. The predicted octanol–water partition coefficient (Wildman–Crippen LogP) is -0.876. The van der Waals surface area contributed by atoms with E-state index in [2.05, 4.69) is 20.6 Å². The molecule has 2 aliphatic heterocycles. The molecule has 2 aromatic heterocycles. The van der Waals surface area contributed by atoms with Crippen LogP contribution < -0.4 is 21.7 Å². The second-order valence-corrected chi connectivity index (χ2v) is 8.45. The molecule has 4 heterocycles. The summed E-state index contributed by atoms with van der Waals surface area (Å²) in [6.07, 6.45) is 0.954. The van der Waals surface area contributed by atoms with Gasteiger partial charge in [-0.1, -0.05) is 17.6 Å². The van der Waals surface area contributed by atoms with Crippen LogP contribution in [0.15, 0.2) is 27.4 Å². The van der Waals surface area contributed by atoms with Gasteiger partial charge in [-0.05, 0) is 32.0 Å². The topological polar surface area (TPSA) is 123 Å². The number of piperidine rings is 1. The predicted molar refractivity (Wildman–Crippen MR) is 116 cm³/mol. The van der Waals surface area contributed by atoms with Gasteiger partial charge in [0.05, 0.1) is 18.7 Å². The minimum absolute atomic E-state index is 0.00260. The number of β-amino-alcohol motifs (C(OH)–C–C–N with tert-alkyl or cyclic N) is 1. The Kier molecular flexibility index (Phi) is 5.29. The van der Waals surface area contributed by atoms with Crippen LogP contribution in [0.5, 0.6) is 0 Å². The summed E-state index contributed by atoms with van der Waals surface area (Å²) in [4.78, 5) is 34.4. The number of furan rings is 1. The summed E-state index contributed by atoms with van der Waals surface area (Å²) in [5, 5.41) is 17.4. The number of hydrogen-bond acceptors (Lipinski definition) is 7. The van der Waals surface area contributed by atoms with Crippen molar-refractivity contribution in [2.45, 2.75) is 31.5 Å². The van der Waals surface area contributed by atoms with Gasteiger partial charge in [0.15, 0.2) is 0 Å². The first kappa shape index (κ1) is 20.2. The van der Waals surface area contributed by atoms with E-state index in [0.29, 0.717) is 47.4 Å². The summed E-state index contributed by atoms with van der Waals surface area (Å²) in [7, 11) is 5.88. The molecule has 5 rings (SSSR count). The number of rotatable bonds is 4. The Morgan fingerprint density at radius 3 is 2.94 bits per heavy atom. The normalized spacial score (nSPS) is 23.0. The van der Waals surface area contributed by atoms with Gasteiger partial charge in [0.2, 0.25) is 11.5 Å². The Morgan fingerprint density at radius 1 is 1.32 bits per heavy atom. The lowest BCUT2D eigenvalue weighted by Gasteiger charge is -2.24. The number of amides is 1. The molecule has 0 unspecified atom stereocenters. The second kappa shape index (κ2) is 8.10. The molecular formula is C21H24BN5O4. The smallest absolute Gasteiger partial charge is 0.294 e. The zero-order valence-electron chi connectivity index (χ0n) is 17.1. The molecule has 2 radical (unpaired) electrons. The quantitative estimate of drug-likeness (QED) is 0.404. The van der Waals surface area contributed by atoms with Gasteiger partial charge in [-0.15, -0.1) is 0 Å². The molecule has 0 bridgehead atoms. The highest BCUT2D eigenvalue weighted by Crippen LogP contribution is 2.24. The number of nitrogens with one attached hydrogen (secondary N) is 3. The van der Waals surface area contributed by atoms with Crippen LogP contribution in [-0.2, 0) is 11.3 Å². The number of benzene rings is 1. The summed E-state index contributed by atoms with van der Waals surface area (Å²) in [6, 6.07) is 4.83. The van der Waals surface area contributed by atoms with Crippen molar-refractivity contribution in [3.8, 4) is 0 Å². The fourth-order valence-corrected chi connectivity index (χ4v) is 4.53. The average molecular weight is 421 g/mol. The van der Waals surface area contributed by atoms with Crippen molar-refractivity contribution in [3.05, 3.63) is 34.4 Å². The summed E-state index contributed by atoms with van der Waals surface area (Å²) < 4.78 is 5.63. The fourth-order valence-electron chi connectivity index (χ4n) is 4.53. The van der Waals surface area contributed by atoms with Crippen LogP contribution in [0.1, 0.15) is 18.7 Å². The van der Waals surface area contributed by atoms with Crippen LogP contribution in [0.25, 0.3) is 22.1 Å². The van der Waals surface area contributed by atoms with E-state index >= 15 is 0 Å². The highest BCUT2D eigenvalue weighted by molar-refractivity contribution is 6.33. The molecule has 4 N–H and O–H groups in total. The first-order valence-corrected chi connectivity index (χ1v) is 10.6. The van der Waals surface area contributed by atoms with E-state index in [1.807, 2.05) is 4.90 Å². The van der Waals surface area contributed by atoms with Gasteiger partial charge in [-0.25, -0.2) is 4.98 Å². The number of fused-ring (bicyclic) bond motifs is 3.